The van der Waals surface area contributed by atoms with Crippen molar-refractivity contribution in [3.05, 3.63) is 41.9 Å². The number of aliphatic hydroxyl groups excluding tert-OH is 1. The molecule has 1 amide bonds. The van der Waals surface area contributed by atoms with E-state index < -0.39 is 6.29 Å². The highest BCUT2D eigenvalue weighted by Gasteiger charge is 2.25. The third-order valence-electron chi connectivity index (χ3n) is 5.93. The fraction of sp³-hybridized carbons (Fsp3) is 0.478. The fourth-order valence-corrected chi connectivity index (χ4v) is 4.22. The van der Waals surface area contributed by atoms with E-state index in [1.165, 1.54) is 26.1 Å². The number of nitrogens with one attached hydrogen (secondary N) is 1. The molecule has 1 aliphatic carbocycles. The van der Waals surface area contributed by atoms with E-state index in [0.717, 1.165) is 36.7 Å². The molecule has 3 heterocycles. The fourth-order valence-electron chi connectivity index (χ4n) is 4.22. The first kappa shape index (κ1) is 22.2. The van der Waals surface area contributed by atoms with Crippen molar-refractivity contribution >= 4 is 28.7 Å². The normalized spacial score (nSPS) is 16.0. The van der Waals surface area contributed by atoms with Gasteiger partial charge in [-0.3, -0.25) is 4.79 Å². The summed E-state index contributed by atoms with van der Waals surface area (Å²) in [6.45, 7) is 0. The molecule has 4 rings (SSSR count). The lowest BCUT2D eigenvalue weighted by molar-refractivity contribution is -0.0771. The zero-order valence-corrected chi connectivity index (χ0v) is 18.8. The Morgan fingerprint density at radius 1 is 1.19 bits per heavy atom. The number of anilines is 2. The molecule has 0 radical (unpaired) electrons. The molecule has 3 aromatic heterocycles. The predicted octanol–water partition coefficient (Wildman–Crippen LogP) is 3.80. The molecule has 0 aromatic carbocycles. The summed E-state index contributed by atoms with van der Waals surface area (Å²) in [5.41, 5.74) is 1.97. The van der Waals surface area contributed by atoms with Gasteiger partial charge in [-0.1, -0.05) is 25.7 Å². The number of aliphatic hydroxyl groups is 1. The van der Waals surface area contributed by atoms with Crippen LogP contribution in [0.2, 0.25) is 0 Å². The molecule has 32 heavy (non-hydrogen) atoms. The largest absolute Gasteiger partial charge is 0.364 e. The van der Waals surface area contributed by atoms with Gasteiger partial charge in [0.05, 0.1) is 0 Å². The SMILES string of the molecule is COC(O)c1ccc(Nc2ncc3cc(C(=O)N(C)C)n(C4CCCCCC4)c3n2)nc1. The van der Waals surface area contributed by atoms with Gasteiger partial charge in [-0.25, -0.2) is 9.97 Å². The minimum Gasteiger partial charge on any atom is -0.364 e. The van der Waals surface area contributed by atoms with Crippen molar-refractivity contribution in [2.24, 2.45) is 0 Å². The Bertz CT molecular complexity index is 1070. The van der Waals surface area contributed by atoms with Crippen molar-refractivity contribution in [1.29, 1.82) is 0 Å². The van der Waals surface area contributed by atoms with E-state index in [1.807, 2.05) is 6.07 Å². The van der Waals surface area contributed by atoms with E-state index in [9.17, 15) is 9.90 Å². The van der Waals surface area contributed by atoms with Crippen LogP contribution in [0.4, 0.5) is 11.8 Å². The Morgan fingerprint density at radius 3 is 2.56 bits per heavy atom. The van der Waals surface area contributed by atoms with Crippen molar-refractivity contribution in [1.82, 2.24) is 24.4 Å². The van der Waals surface area contributed by atoms with Crippen molar-refractivity contribution in [2.75, 3.05) is 26.5 Å². The van der Waals surface area contributed by atoms with Gasteiger partial charge in [0.15, 0.2) is 6.29 Å². The molecular formula is C23H30N6O3. The molecule has 3 aromatic rings. The van der Waals surface area contributed by atoms with Crippen LogP contribution in [0.1, 0.15) is 66.9 Å². The average molecular weight is 439 g/mol. The smallest absolute Gasteiger partial charge is 0.270 e. The lowest BCUT2D eigenvalue weighted by atomic mass is 10.1. The number of amides is 1. The number of rotatable bonds is 6. The Morgan fingerprint density at radius 2 is 1.94 bits per heavy atom. The molecule has 1 atom stereocenters. The average Bonchev–Trinajstić information content (AvgIpc) is 2.97. The molecule has 0 aliphatic heterocycles. The van der Waals surface area contributed by atoms with Gasteiger partial charge in [0.2, 0.25) is 5.95 Å². The second-order valence-corrected chi connectivity index (χ2v) is 8.41. The van der Waals surface area contributed by atoms with Crippen LogP contribution in [0.3, 0.4) is 0 Å². The minimum atomic E-state index is -1.01. The number of hydrogen-bond donors (Lipinski definition) is 2. The summed E-state index contributed by atoms with van der Waals surface area (Å²) < 4.78 is 7.01. The van der Waals surface area contributed by atoms with Crippen LogP contribution in [-0.4, -0.2) is 56.6 Å². The second kappa shape index (κ2) is 9.62. The molecule has 1 fully saturated rings. The number of methoxy groups -OCH3 is 1. The highest BCUT2D eigenvalue weighted by molar-refractivity contribution is 5.97. The number of carbonyl (C=O) groups is 1. The maximum Gasteiger partial charge on any atom is 0.270 e. The molecule has 0 spiro atoms. The number of carbonyl (C=O) groups excluding carboxylic acids is 1. The van der Waals surface area contributed by atoms with E-state index in [4.69, 9.17) is 9.72 Å². The van der Waals surface area contributed by atoms with Gasteiger partial charge < -0.3 is 24.6 Å². The van der Waals surface area contributed by atoms with Gasteiger partial charge >= 0.3 is 0 Å². The van der Waals surface area contributed by atoms with Crippen molar-refractivity contribution in [3.8, 4) is 0 Å². The van der Waals surface area contributed by atoms with Gasteiger partial charge in [-0.2, -0.15) is 4.98 Å². The van der Waals surface area contributed by atoms with E-state index in [1.54, 1.807) is 37.3 Å². The summed E-state index contributed by atoms with van der Waals surface area (Å²) in [4.78, 5) is 28.1. The lowest BCUT2D eigenvalue weighted by Crippen LogP contribution is -2.26. The van der Waals surface area contributed by atoms with Gasteiger partial charge in [0.25, 0.3) is 5.91 Å². The van der Waals surface area contributed by atoms with Gasteiger partial charge in [0, 0.05) is 50.6 Å². The zero-order chi connectivity index (χ0) is 22.7. The molecule has 9 heteroatoms. The molecule has 170 valence electrons. The van der Waals surface area contributed by atoms with E-state index in [-0.39, 0.29) is 11.9 Å². The van der Waals surface area contributed by atoms with Gasteiger partial charge in [-0.15, -0.1) is 0 Å². The van der Waals surface area contributed by atoms with Crippen LogP contribution in [0.25, 0.3) is 11.0 Å². The molecule has 0 saturated heterocycles. The third-order valence-corrected chi connectivity index (χ3v) is 5.93. The van der Waals surface area contributed by atoms with E-state index in [2.05, 4.69) is 19.9 Å². The molecule has 2 N–H and O–H groups in total. The lowest BCUT2D eigenvalue weighted by Gasteiger charge is -2.21. The first-order valence-electron chi connectivity index (χ1n) is 11.0. The van der Waals surface area contributed by atoms with Crippen LogP contribution in [0, 0.1) is 0 Å². The number of pyridine rings is 1. The number of ether oxygens (including phenoxy) is 1. The van der Waals surface area contributed by atoms with Crippen LogP contribution >= 0.6 is 0 Å². The standard InChI is InChI=1S/C23H30N6O3/c1-28(2)21(30)18-12-16-14-25-23(26-19-11-10-15(13-24-19)22(31)32-3)27-20(16)29(18)17-8-6-4-5-7-9-17/h10-14,17,22,31H,4-9H2,1-3H3,(H,24,25,26,27). The Balaban J connectivity index is 1.70. The zero-order valence-electron chi connectivity index (χ0n) is 18.8. The summed E-state index contributed by atoms with van der Waals surface area (Å²) in [6.07, 6.45) is 9.11. The monoisotopic (exact) mass is 438 g/mol. The van der Waals surface area contributed by atoms with Crippen LogP contribution in [0.15, 0.2) is 30.6 Å². The van der Waals surface area contributed by atoms with Gasteiger partial charge in [-0.05, 0) is 31.0 Å². The van der Waals surface area contributed by atoms with E-state index in [0.29, 0.717) is 23.0 Å². The Hall–Kier alpha value is -3.04. The third kappa shape index (κ3) is 4.58. The molecule has 9 nitrogen and oxygen atoms in total. The minimum absolute atomic E-state index is 0.0317. The summed E-state index contributed by atoms with van der Waals surface area (Å²) in [6, 6.07) is 5.59. The summed E-state index contributed by atoms with van der Waals surface area (Å²) in [7, 11) is 4.97. The highest BCUT2D eigenvalue weighted by atomic mass is 16.6. The van der Waals surface area contributed by atoms with Gasteiger partial charge in [0.1, 0.15) is 17.2 Å². The first-order chi connectivity index (χ1) is 15.5. The quantitative estimate of drug-likeness (QED) is 0.445. The number of aromatic nitrogens is 4. The summed E-state index contributed by atoms with van der Waals surface area (Å²) in [5, 5.41) is 13.7. The van der Waals surface area contributed by atoms with Crippen molar-refractivity contribution in [3.63, 3.8) is 0 Å². The maximum absolute atomic E-state index is 13.0. The first-order valence-corrected chi connectivity index (χ1v) is 11.0. The van der Waals surface area contributed by atoms with Crippen LogP contribution < -0.4 is 5.32 Å². The second-order valence-electron chi connectivity index (χ2n) is 8.41. The molecule has 1 aliphatic rings. The topological polar surface area (TPSA) is 105 Å². The molecule has 0 bridgehead atoms. The maximum atomic E-state index is 13.0. The van der Waals surface area contributed by atoms with Crippen molar-refractivity contribution < 1.29 is 14.6 Å². The highest BCUT2D eigenvalue weighted by Crippen LogP contribution is 2.33. The Labute approximate surface area is 187 Å². The molecular weight excluding hydrogens is 408 g/mol. The summed E-state index contributed by atoms with van der Waals surface area (Å²) in [5.74, 6) is 0.922. The summed E-state index contributed by atoms with van der Waals surface area (Å²) >= 11 is 0. The predicted molar refractivity (Wildman–Crippen MR) is 122 cm³/mol. The molecule has 1 unspecified atom stereocenters. The van der Waals surface area contributed by atoms with Crippen molar-refractivity contribution in [2.45, 2.75) is 50.9 Å². The number of fused-ring (bicyclic) bond motifs is 1. The van der Waals surface area contributed by atoms with Crippen LogP contribution in [-0.2, 0) is 4.74 Å². The number of nitrogens with zero attached hydrogens (tertiary/aromatic N) is 5. The van der Waals surface area contributed by atoms with Crippen LogP contribution in [0.5, 0.6) is 0 Å². The number of hydrogen-bond acceptors (Lipinski definition) is 7. The molecule has 1 saturated carbocycles. The Kier molecular flexibility index (Phi) is 6.66. The van der Waals surface area contributed by atoms with E-state index >= 15 is 0 Å².